The number of amides is 1. The number of aryl methyl sites for hydroxylation is 2. The van der Waals surface area contributed by atoms with Crippen molar-refractivity contribution in [1.29, 1.82) is 0 Å². The Bertz CT molecular complexity index is 611. The minimum Gasteiger partial charge on any atom is -0.464 e. The van der Waals surface area contributed by atoms with Crippen LogP contribution in [0.25, 0.3) is 0 Å². The molecule has 1 amide bonds. The lowest BCUT2D eigenvalue weighted by molar-refractivity contribution is -0.160. The molecule has 2 rings (SSSR count). The van der Waals surface area contributed by atoms with Gasteiger partial charge < -0.3 is 9.64 Å². The zero-order valence-corrected chi connectivity index (χ0v) is 15.5. The molecule has 1 aromatic rings. The number of rotatable bonds is 4. The van der Waals surface area contributed by atoms with E-state index in [0.29, 0.717) is 25.4 Å². The number of esters is 1. The van der Waals surface area contributed by atoms with Gasteiger partial charge in [0.15, 0.2) is 0 Å². The van der Waals surface area contributed by atoms with Crippen LogP contribution >= 0.6 is 0 Å². The van der Waals surface area contributed by atoms with Gasteiger partial charge in [-0.25, -0.2) is 4.79 Å². The molecule has 1 aliphatic heterocycles. The first-order valence-corrected chi connectivity index (χ1v) is 8.87. The summed E-state index contributed by atoms with van der Waals surface area (Å²) in [5.41, 5.74) is 3.33. The van der Waals surface area contributed by atoms with E-state index < -0.39 is 6.04 Å². The standard InChI is InChI=1S/C20H29NO3/c1-6-24-20(23)18-11-14(3)10-16(5)21(18)19(22)12-17-8-7-13(2)9-15(17)4/h7-9,14,16,18H,6,10-12H2,1-5H3. The van der Waals surface area contributed by atoms with Crippen LogP contribution in [0, 0.1) is 19.8 Å². The minimum absolute atomic E-state index is 0.0133. The van der Waals surface area contributed by atoms with Crippen molar-refractivity contribution >= 4 is 11.9 Å². The third-order valence-corrected chi connectivity index (χ3v) is 4.87. The Morgan fingerprint density at radius 2 is 1.92 bits per heavy atom. The van der Waals surface area contributed by atoms with Crippen LogP contribution in [0.3, 0.4) is 0 Å². The second kappa shape index (κ2) is 7.82. The maximum atomic E-state index is 13.0. The highest BCUT2D eigenvalue weighted by molar-refractivity contribution is 5.86. The van der Waals surface area contributed by atoms with Gasteiger partial charge in [-0.2, -0.15) is 0 Å². The Kier molecular flexibility index (Phi) is 6.03. The van der Waals surface area contributed by atoms with Crippen LogP contribution in [-0.2, 0) is 20.7 Å². The zero-order valence-electron chi connectivity index (χ0n) is 15.5. The maximum absolute atomic E-state index is 13.0. The van der Waals surface area contributed by atoms with Crippen molar-refractivity contribution in [2.24, 2.45) is 5.92 Å². The molecule has 4 nitrogen and oxygen atoms in total. The zero-order chi connectivity index (χ0) is 17.9. The Labute approximate surface area is 145 Å². The summed E-state index contributed by atoms with van der Waals surface area (Å²) in [4.78, 5) is 27.1. The normalized spacial score (nSPS) is 23.9. The van der Waals surface area contributed by atoms with Gasteiger partial charge in [0.1, 0.15) is 6.04 Å². The fourth-order valence-corrected chi connectivity index (χ4v) is 3.76. The number of piperidine rings is 1. The van der Waals surface area contributed by atoms with Crippen LogP contribution in [0.4, 0.5) is 0 Å². The lowest BCUT2D eigenvalue weighted by Gasteiger charge is -2.42. The summed E-state index contributed by atoms with van der Waals surface area (Å²) in [6.07, 6.45) is 1.94. The third kappa shape index (κ3) is 4.16. The average Bonchev–Trinajstić information content (AvgIpc) is 2.49. The smallest absolute Gasteiger partial charge is 0.328 e. The molecule has 1 heterocycles. The SMILES string of the molecule is CCOC(=O)C1CC(C)CC(C)N1C(=O)Cc1ccc(C)cc1C. The summed E-state index contributed by atoms with van der Waals surface area (Å²) in [6, 6.07) is 5.73. The van der Waals surface area contributed by atoms with E-state index in [2.05, 4.69) is 13.0 Å². The van der Waals surface area contributed by atoms with E-state index in [0.717, 1.165) is 17.5 Å². The van der Waals surface area contributed by atoms with Gasteiger partial charge in [-0.1, -0.05) is 30.7 Å². The number of carbonyl (C=O) groups excluding carboxylic acids is 2. The first-order chi connectivity index (χ1) is 11.3. The molecular formula is C20H29NO3. The topological polar surface area (TPSA) is 46.6 Å². The number of ether oxygens (including phenoxy) is 1. The van der Waals surface area contributed by atoms with Crippen LogP contribution in [0.1, 0.15) is 50.3 Å². The fourth-order valence-electron chi connectivity index (χ4n) is 3.76. The number of nitrogens with zero attached hydrogens (tertiary/aromatic N) is 1. The predicted octanol–water partition coefficient (Wildman–Crippen LogP) is 3.42. The highest BCUT2D eigenvalue weighted by atomic mass is 16.5. The van der Waals surface area contributed by atoms with Crippen LogP contribution in [0.15, 0.2) is 18.2 Å². The maximum Gasteiger partial charge on any atom is 0.328 e. The molecular weight excluding hydrogens is 302 g/mol. The van der Waals surface area contributed by atoms with E-state index in [4.69, 9.17) is 4.74 Å². The first-order valence-electron chi connectivity index (χ1n) is 8.87. The van der Waals surface area contributed by atoms with Crippen molar-refractivity contribution in [3.8, 4) is 0 Å². The quantitative estimate of drug-likeness (QED) is 0.794. The molecule has 0 spiro atoms. The van der Waals surface area contributed by atoms with Crippen molar-refractivity contribution in [2.45, 2.75) is 66.0 Å². The molecule has 132 valence electrons. The van der Waals surface area contributed by atoms with Crippen molar-refractivity contribution in [1.82, 2.24) is 4.90 Å². The van der Waals surface area contributed by atoms with Gasteiger partial charge in [-0.3, -0.25) is 4.79 Å². The lowest BCUT2D eigenvalue weighted by atomic mass is 9.87. The van der Waals surface area contributed by atoms with Gasteiger partial charge in [-0.15, -0.1) is 0 Å². The Morgan fingerprint density at radius 3 is 2.54 bits per heavy atom. The van der Waals surface area contributed by atoms with Crippen LogP contribution in [-0.4, -0.2) is 35.5 Å². The summed E-state index contributed by atoms with van der Waals surface area (Å²) in [6.45, 7) is 10.4. The monoisotopic (exact) mass is 331 g/mol. The van der Waals surface area contributed by atoms with E-state index in [1.54, 1.807) is 11.8 Å². The van der Waals surface area contributed by atoms with Crippen LogP contribution in [0.2, 0.25) is 0 Å². The van der Waals surface area contributed by atoms with Crippen molar-refractivity contribution in [2.75, 3.05) is 6.61 Å². The van der Waals surface area contributed by atoms with E-state index in [1.807, 2.05) is 32.9 Å². The average molecular weight is 331 g/mol. The minimum atomic E-state index is -0.457. The van der Waals surface area contributed by atoms with E-state index in [-0.39, 0.29) is 17.9 Å². The van der Waals surface area contributed by atoms with E-state index in [9.17, 15) is 9.59 Å². The van der Waals surface area contributed by atoms with Crippen molar-refractivity contribution in [3.63, 3.8) is 0 Å². The number of hydrogen-bond donors (Lipinski definition) is 0. The van der Waals surface area contributed by atoms with Gasteiger partial charge in [0.2, 0.25) is 5.91 Å². The second-order valence-corrected chi connectivity index (χ2v) is 7.10. The van der Waals surface area contributed by atoms with Crippen LogP contribution in [0.5, 0.6) is 0 Å². The lowest BCUT2D eigenvalue weighted by Crippen LogP contribution is -2.55. The Balaban J connectivity index is 2.21. The molecule has 3 unspecified atom stereocenters. The molecule has 0 aliphatic carbocycles. The summed E-state index contributed by atoms with van der Waals surface area (Å²) >= 11 is 0. The summed E-state index contributed by atoms with van der Waals surface area (Å²) in [5, 5.41) is 0. The summed E-state index contributed by atoms with van der Waals surface area (Å²) in [7, 11) is 0. The highest BCUT2D eigenvalue weighted by Gasteiger charge is 2.39. The second-order valence-electron chi connectivity index (χ2n) is 7.10. The van der Waals surface area contributed by atoms with Crippen LogP contribution < -0.4 is 0 Å². The molecule has 1 aliphatic rings. The number of likely N-dealkylation sites (tertiary alicyclic amines) is 1. The van der Waals surface area contributed by atoms with Gasteiger partial charge >= 0.3 is 5.97 Å². The Hall–Kier alpha value is -1.84. The molecule has 0 N–H and O–H groups in total. The molecule has 4 heteroatoms. The van der Waals surface area contributed by atoms with Gasteiger partial charge in [0.05, 0.1) is 13.0 Å². The van der Waals surface area contributed by atoms with Gasteiger partial charge in [-0.05, 0) is 57.6 Å². The van der Waals surface area contributed by atoms with Gasteiger partial charge in [0, 0.05) is 6.04 Å². The molecule has 3 atom stereocenters. The van der Waals surface area contributed by atoms with Gasteiger partial charge in [0.25, 0.3) is 0 Å². The largest absolute Gasteiger partial charge is 0.464 e. The molecule has 0 saturated carbocycles. The summed E-state index contributed by atoms with van der Waals surface area (Å²) in [5.74, 6) is 0.156. The first kappa shape index (κ1) is 18.5. The third-order valence-electron chi connectivity index (χ3n) is 4.87. The number of hydrogen-bond acceptors (Lipinski definition) is 3. The summed E-state index contributed by atoms with van der Waals surface area (Å²) < 4.78 is 5.22. The number of benzene rings is 1. The highest BCUT2D eigenvalue weighted by Crippen LogP contribution is 2.29. The van der Waals surface area contributed by atoms with E-state index in [1.165, 1.54) is 5.56 Å². The molecule has 0 radical (unpaired) electrons. The molecule has 1 aromatic carbocycles. The molecule has 1 saturated heterocycles. The molecule has 1 fully saturated rings. The number of carbonyl (C=O) groups is 2. The Morgan fingerprint density at radius 1 is 1.21 bits per heavy atom. The molecule has 0 bridgehead atoms. The van der Waals surface area contributed by atoms with Crippen molar-refractivity contribution in [3.05, 3.63) is 34.9 Å². The van der Waals surface area contributed by atoms with Crippen molar-refractivity contribution < 1.29 is 14.3 Å². The fraction of sp³-hybridized carbons (Fsp3) is 0.600. The van der Waals surface area contributed by atoms with E-state index >= 15 is 0 Å². The molecule has 0 aromatic heterocycles. The molecule has 24 heavy (non-hydrogen) atoms. The predicted molar refractivity (Wildman–Crippen MR) is 94.7 cm³/mol.